The van der Waals surface area contributed by atoms with Gasteiger partial charge in [-0.15, -0.1) is 0 Å². The van der Waals surface area contributed by atoms with Crippen LogP contribution in [0.15, 0.2) is 61.2 Å². The highest BCUT2D eigenvalue weighted by Gasteiger charge is 2.34. The van der Waals surface area contributed by atoms with Crippen molar-refractivity contribution in [3.8, 4) is 22.3 Å². The van der Waals surface area contributed by atoms with Crippen molar-refractivity contribution in [2.75, 3.05) is 0 Å². The first-order valence-electron chi connectivity index (χ1n) is 15.9. The number of rotatable bonds is 6. The van der Waals surface area contributed by atoms with Crippen LogP contribution >= 0.6 is 0 Å². The van der Waals surface area contributed by atoms with Crippen molar-refractivity contribution >= 4 is 11.8 Å². The number of alkyl halides is 6. The highest BCUT2D eigenvalue weighted by atomic mass is 19.4. The average molecular weight is 705 g/mol. The highest BCUT2D eigenvalue weighted by Crippen LogP contribution is 2.41. The summed E-state index contributed by atoms with van der Waals surface area (Å²) in [6.07, 6.45) is 0.178. The molecule has 0 spiro atoms. The maximum atomic E-state index is 14.3. The largest absolute Gasteiger partial charge is 0.416 e. The van der Waals surface area contributed by atoms with E-state index < -0.39 is 35.1 Å². The molecule has 0 saturated carbocycles. The predicted octanol–water partition coefficient (Wildman–Crippen LogP) is 8.84. The van der Waals surface area contributed by atoms with Gasteiger partial charge in [0.25, 0.3) is 0 Å². The Hall–Kier alpha value is -4.88. The van der Waals surface area contributed by atoms with Gasteiger partial charge in [0, 0.05) is 59.9 Å². The molecule has 2 aromatic heterocycles. The summed E-state index contributed by atoms with van der Waals surface area (Å²) in [6, 6.07) is 4.59. The van der Waals surface area contributed by atoms with E-state index in [-0.39, 0.29) is 35.0 Å². The Bertz CT molecular complexity index is 1770. The predicted molar refractivity (Wildman–Crippen MR) is 168 cm³/mol. The molecule has 50 heavy (non-hydrogen) atoms. The molecule has 2 heterocycles. The molecular weight excluding hydrogens is 672 g/mol. The molecule has 6 nitrogen and oxygen atoms in total. The zero-order valence-corrected chi connectivity index (χ0v) is 26.9. The van der Waals surface area contributed by atoms with Crippen LogP contribution in [0.2, 0.25) is 0 Å². The number of aromatic nitrogens is 2. The summed E-state index contributed by atoms with van der Waals surface area (Å²) in [7, 11) is 0. The van der Waals surface area contributed by atoms with Gasteiger partial charge in [0.2, 0.25) is 11.8 Å². The molecule has 264 valence electrons. The van der Waals surface area contributed by atoms with Crippen LogP contribution in [-0.2, 0) is 34.8 Å². The Morgan fingerprint density at radius 2 is 1.02 bits per heavy atom. The maximum Gasteiger partial charge on any atom is 0.416 e. The molecule has 0 saturated heterocycles. The molecule has 2 amide bonds. The Labute approximate surface area is 282 Å². The van der Waals surface area contributed by atoms with Crippen LogP contribution in [0.1, 0.15) is 85.0 Å². The fourth-order valence-electron chi connectivity index (χ4n) is 6.23. The van der Waals surface area contributed by atoms with E-state index in [1.165, 1.54) is 12.4 Å². The molecule has 4 aromatic rings. The first-order chi connectivity index (χ1) is 23.6. The Balaban J connectivity index is 0.000000194. The van der Waals surface area contributed by atoms with Crippen molar-refractivity contribution in [2.24, 2.45) is 0 Å². The van der Waals surface area contributed by atoms with Gasteiger partial charge in [0.1, 0.15) is 11.6 Å². The summed E-state index contributed by atoms with van der Waals surface area (Å²) in [5.74, 6) is -2.06. The fourth-order valence-corrected chi connectivity index (χ4v) is 6.23. The van der Waals surface area contributed by atoms with Gasteiger partial charge in [-0.25, -0.2) is 8.78 Å². The lowest BCUT2D eigenvalue weighted by Crippen LogP contribution is -2.26. The molecule has 0 aliphatic heterocycles. The van der Waals surface area contributed by atoms with Gasteiger partial charge in [-0.05, 0) is 72.2 Å². The zero-order valence-electron chi connectivity index (χ0n) is 26.9. The van der Waals surface area contributed by atoms with Gasteiger partial charge in [-0.2, -0.15) is 26.3 Å². The number of pyridine rings is 2. The zero-order chi connectivity index (χ0) is 36.4. The molecule has 0 fully saturated rings. The van der Waals surface area contributed by atoms with Crippen molar-refractivity contribution < 1.29 is 44.7 Å². The minimum absolute atomic E-state index is 0.0832. The van der Waals surface area contributed by atoms with Crippen LogP contribution < -0.4 is 10.6 Å². The molecule has 2 aliphatic rings. The van der Waals surface area contributed by atoms with Crippen molar-refractivity contribution in [3.05, 3.63) is 106 Å². The van der Waals surface area contributed by atoms with E-state index in [2.05, 4.69) is 20.6 Å². The Morgan fingerprint density at radius 1 is 0.640 bits per heavy atom. The lowest BCUT2D eigenvalue weighted by molar-refractivity contribution is -0.138. The Kier molecular flexibility index (Phi) is 10.6. The molecule has 6 rings (SSSR count). The third kappa shape index (κ3) is 7.79. The lowest BCUT2D eigenvalue weighted by atomic mass is 9.97. The van der Waals surface area contributed by atoms with Crippen LogP contribution in [0.25, 0.3) is 22.3 Å². The lowest BCUT2D eigenvalue weighted by Gasteiger charge is -2.15. The molecule has 2 atom stereocenters. The van der Waals surface area contributed by atoms with Crippen LogP contribution in [0.4, 0.5) is 35.1 Å². The molecule has 0 bridgehead atoms. The number of halogens is 8. The summed E-state index contributed by atoms with van der Waals surface area (Å²) < 4.78 is 105. The van der Waals surface area contributed by atoms with Gasteiger partial charge < -0.3 is 10.6 Å². The van der Waals surface area contributed by atoms with Gasteiger partial charge in [0.05, 0.1) is 23.2 Å². The second-order valence-corrected chi connectivity index (χ2v) is 11.9. The number of amides is 2. The number of hydrogen-bond donors (Lipinski definition) is 2. The van der Waals surface area contributed by atoms with Crippen molar-refractivity contribution in [1.29, 1.82) is 0 Å². The van der Waals surface area contributed by atoms with Gasteiger partial charge in [-0.3, -0.25) is 19.6 Å². The van der Waals surface area contributed by atoms with Gasteiger partial charge >= 0.3 is 12.4 Å². The van der Waals surface area contributed by atoms with Crippen molar-refractivity contribution in [3.63, 3.8) is 0 Å². The summed E-state index contributed by atoms with van der Waals surface area (Å²) in [5.41, 5.74) is 2.26. The van der Waals surface area contributed by atoms with E-state index >= 15 is 0 Å². The molecule has 2 unspecified atom stereocenters. The van der Waals surface area contributed by atoms with Crippen LogP contribution in [-0.4, -0.2) is 21.8 Å². The number of fused-ring (bicyclic) bond motifs is 2. The first-order valence-corrected chi connectivity index (χ1v) is 15.9. The standard InChI is InChI=1S/2C18H16F4N2O/c2*1-2-17(25)24-16-6-5-11-13(8-23-9-14(11)16)12-4-3-10(7-15(12)19)18(20,21)22/h2*3-4,7-9,16H,2,5-6H2,1H3,(H,24,25). The average Bonchev–Trinajstić information content (AvgIpc) is 3.68. The summed E-state index contributed by atoms with van der Waals surface area (Å²) in [4.78, 5) is 31.4. The monoisotopic (exact) mass is 704 g/mol. The molecular formula is C36H32F8N4O2. The highest BCUT2D eigenvalue weighted by molar-refractivity contribution is 5.78. The minimum atomic E-state index is -4.59. The first kappa shape index (κ1) is 36.4. The quantitative estimate of drug-likeness (QED) is 0.197. The SMILES string of the molecule is CCC(=O)NC1CCc2c(-c3ccc(C(F)(F)F)cc3F)cncc21.CCC(=O)NC1CCc2c(-c3ccc(C(F)(F)F)cc3F)cncc21. The van der Waals surface area contributed by atoms with E-state index in [0.717, 1.165) is 46.5 Å². The number of nitrogens with zero attached hydrogens (tertiary/aromatic N) is 2. The van der Waals surface area contributed by atoms with E-state index in [0.29, 0.717) is 61.8 Å². The van der Waals surface area contributed by atoms with E-state index in [1.807, 2.05) is 0 Å². The molecule has 14 heteroatoms. The summed E-state index contributed by atoms with van der Waals surface area (Å²) in [6.45, 7) is 3.49. The number of carbonyl (C=O) groups is 2. The number of benzene rings is 2. The normalized spacial score (nSPS) is 16.6. The topological polar surface area (TPSA) is 84.0 Å². The minimum Gasteiger partial charge on any atom is -0.349 e. The summed E-state index contributed by atoms with van der Waals surface area (Å²) >= 11 is 0. The van der Waals surface area contributed by atoms with E-state index in [4.69, 9.17) is 0 Å². The molecule has 2 aromatic carbocycles. The van der Waals surface area contributed by atoms with Crippen LogP contribution in [0.5, 0.6) is 0 Å². The second kappa shape index (κ2) is 14.5. The van der Waals surface area contributed by atoms with Gasteiger partial charge in [-0.1, -0.05) is 26.0 Å². The number of hydrogen-bond acceptors (Lipinski definition) is 4. The Morgan fingerprint density at radius 3 is 1.34 bits per heavy atom. The molecule has 0 radical (unpaired) electrons. The third-order valence-electron chi connectivity index (χ3n) is 8.78. The van der Waals surface area contributed by atoms with E-state index in [9.17, 15) is 44.7 Å². The van der Waals surface area contributed by atoms with Crippen molar-refractivity contribution in [1.82, 2.24) is 20.6 Å². The second-order valence-electron chi connectivity index (χ2n) is 11.9. The number of carbonyl (C=O) groups excluding carboxylic acids is 2. The van der Waals surface area contributed by atoms with Crippen molar-refractivity contribution in [2.45, 2.75) is 76.8 Å². The smallest absolute Gasteiger partial charge is 0.349 e. The van der Waals surface area contributed by atoms with E-state index in [1.54, 1.807) is 26.2 Å². The van der Waals surface area contributed by atoms with Crippen LogP contribution in [0.3, 0.4) is 0 Å². The molecule has 2 aliphatic carbocycles. The summed E-state index contributed by atoms with van der Waals surface area (Å²) in [5, 5.41) is 5.77. The maximum absolute atomic E-state index is 14.3. The third-order valence-corrected chi connectivity index (χ3v) is 8.78. The fraction of sp³-hybridized carbons (Fsp3) is 0.333. The van der Waals surface area contributed by atoms with Gasteiger partial charge in [0.15, 0.2) is 0 Å². The number of nitrogens with one attached hydrogen (secondary N) is 2. The molecule has 2 N–H and O–H groups in total. The van der Waals surface area contributed by atoms with Crippen LogP contribution in [0, 0.1) is 11.6 Å².